The number of rotatable bonds is 5. The second-order valence-electron chi connectivity index (χ2n) is 3.18. The first-order valence-electron chi connectivity index (χ1n) is 4.75. The van der Waals surface area contributed by atoms with Crippen molar-refractivity contribution in [3.05, 3.63) is 33.8 Å². The normalized spacial score (nSPS) is 10.5. The molecule has 0 aliphatic rings. The molecule has 1 aromatic carbocycles. The van der Waals surface area contributed by atoms with E-state index >= 15 is 0 Å². The van der Waals surface area contributed by atoms with Crippen LogP contribution in [0.1, 0.15) is 25.3 Å². The van der Waals surface area contributed by atoms with Gasteiger partial charge in [-0.3, -0.25) is 0 Å². The number of unbranched alkanes of at least 4 members (excludes halogenated alkanes) is 1. The monoisotopic (exact) mass is 232 g/mol. The summed E-state index contributed by atoms with van der Waals surface area (Å²) in [6.45, 7) is 3.51. The fourth-order valence-electron chi connectivity index (χ4n) is 1.13. The number of benzene rings is 1. The van der Waals surface area contributed by atoms with Gasteiger partial charge in [-0.15, -0.1) is 0 Å². The maximum atomic E-state index is 5.85. The molecule has 1 aromatic rings. The molecule has 1 rings (SSSR count). The van der Waals surface area contributed by atoms with Gasteiger partial charge in [0.25, 0.3) is 0 Å². The summed E-state index contributed by atoms with van der Waals surface area (Å²) in [5.74, 6) is 0. The average Bonchev–Trinajstić information content (AvgIpc) is 2.11. The molecule has 78 valence electrons. The third-order valence-corrected chi connectivity index (χ3v) is 2.27. The molecular formula is C11H14Cl2O. The molecule has 0 atom stereocenters. The van der Waals surface area contributed by atoms with Crippen molar-refractivity contribution >= 4 is 23.2 Å². The van der Waals surface area contributed by atoms with Crippen LogP contribution in [0.3, 0.4) is 0 Å². The minimum Gasteiger partial charge on any atom is -0.377 e. The molecule has 0 N–H and O–H groups in total. The summed E-state index contributed by atoms with van der Waals surface area (Å²) in [5, 5.41) is 1.32. The second kappa shape index (κ2) is 6.28. The van der Waals surface area contributed by atoms with Gasteiger partial charge in [-0.1, -0.05) is 36.5 Å². The quantitative estimate of drug-likeness (QED) is 0.688. The van der Waals surface area contributed by atoms with Crippen molar-refractivity contribution in [2.24, 2.45) is 0 Å². The van der Waals surface area contributed by atoms with Crippen molar-refractivity contribution in [1.29, 1.82) is 0 Å². The second-order valence-corrected chi connectivity index (χ2v) is 4.06. The van der Waals surface area contributed by atoms with Crippen LogP contribution in [-0.4, -0.2) is 6.61 Å². The van der Waals surface area contributed by atoms with Crippen LogP contribution in [0, 0.1) is 0 Å². The lowest BCUT2D eigenvalue weighted by molar-refractivity contribution is 0.118. The van der Waals surface area contributed by atoms with E-state index in [1.165, 1.54) is 0 Å². The van der Waals surface area contributed by atoms with Crippen LogP contribution in [-0.2, 0) is 11.3 Å². The van der Waals surface area contributed by atoms with E-state index in [0.29, 0.717) is 16.7 Å². The van der Waals surface area contributed by atoms with Crippen LogP contribution in [0.15, 0.2) is 18.2 Å². The zero-order chi connectivity index (χ0) is 10.4. The van der Waals surface area contributed by atoms with Crippen molar-refractivity contribution in [2.75, 3.05) is 6.61 Å². The van der Waals surface area contributed by atoms with E-state index in [1.807, 2.05) is 12.1 Å². The van der Waals surface area contributed by atoms with Crippen molar-refractivity contribution in [1.82, 2.24) is 0 Å². The predicted octanol–water partition coefficient (Wildman–Crippen LogP) is 4.31. The number of hydrogen-bond donors (Lipinski definition) is 0. The van der Waals surface area contributed by atoms with Gasteiger partial charge < -0.3 is 4.74 Å². The Morgan fingerprint density at radius 2 is 1.79 bits per heavy atom. The van der Waals surface area contributed by atoms with Gasteiger partial charge >= 0.3 is 0 Å². The van der Waals surface area contributed by atoms with E-state index in [2.05, 4.69) is 6.92 Å². The molecule has 0 unspecified atom stereocenters. The van der Waals surface area contributed by atoms with E-state index in [4.69, 9.17) is 27.9 Å². The molecule has 0 aliphatic carbocycles. The van der Waals surface area contributed by atoms with Crippen LogP contribution in [0.5, 0.6) is 0 Å². The Balaban J connectivity index is 2.42. The first kappa shape index (κ1) is 11.8. The molecule has 0 bridgehead atoms. The molecule has 0 aliphatic heterocycles. The van der Waals surface area contributed by atoms with Gasteiger partial charge in [0.2, 0.25) is 0 Å². The average molecular weight is 233 g/mol. The van der Waals surface area contributed by atoms with Gasteiger partial charge in [0.05, 0.1) is 6.61 Å². The lowest BCUT2D eigenvalue weighted by Crippen LogP contribution is -1.94. The molecule has 0 spiro atoms. The summed E-state index contributed by atoms with van der Waals surface area (Å²) in [6.07, 6.45) is 2.24. The zero-order valence-electron chi connectivity index (χ0n) is 8.22. The molecule has 0 amide bonds. The molecule has 0 saturated heterocycles. The van der Waals surface area contributed by atoms with Gasteiger partial charge in [-0.25, -0.2) is 0 Å². The highest BCUT2D eigenvalue weighted by molar-refractivity contribution is 6.34. The number of halogens is 2. The van der Waals surface area contributed by atoms with E-state index in [0.717, 1.165) is 25.0 Å². The highest BCUT2D eigenvalue weighted by Crippen LogP contribution is 2.19. The van der Waals surface area contributed by atoms with Crippen molar-refractivity contribution in [2.45, 2.75) is 26.4 Å². The zero-order valence-corrected chi connectivity index (χ0v) is 9.74. The summed E-state index contributed by atoms with van der Waals surface area (Å²) in [7, 11) is 0. The SMILES string of the molecule is CCCCOCc1cc(Cl)cc(Cl)c1. The standard InChI is InChI=1S/C11H14Cl2O/c1-2-3-4-14-8-9-5-10(12)7-11(13)6-9/h5-7H,2-4,8H2,1H3. The Kier molecular flexibility index (Phi) is 5.31. The Bertz CT molecular complexity index is 266. The van der Waals surface area contributed by atoms with Gasteiger partial charge in [-0.05, 0) is 30.2 Å². The minimum atomic E-state index is 0.584. The van der Waals surface area contributed by atoms with Gasteiger partial charge in [0.15, 0.2) is 0 Å². The van der Waals surface area contributed by atoms with Gasteiger partial charge in [0.1, 0.15) is 0 Å². The highest BCUT2D eigenvalue weighted by atomic mass is 35.5. The molecule has 0 fully saturated rings. The van der Waals surface area contributed by atoms with Crippen LogP contribution < -0.4 is 0 Å². The smallest absolute Gasteiger partial charge is 0.0717 e. The first-order valence-corrected chi connectivity index (χ1v) is 5.50. The maximum absolute atomic E-state index is 5.85. The first-order chi connectivity index (χ1) is 6.72. The molecular weight excluding hydrogens is 219 g/mol. The van der Waals surface area contributed by atoms with Crippen LogP contribution >= 0.6 is 23.2 Å². The van der Waals surface area contributed by atoms with Gasteiger partial charge in [0, 0.05) is 16.7 Å². The third-order valence-electron chi connectivity index (χ3n) is 1.83. The van der Waals surface area contributed by atoms with E-state index < -0.39 is 0 Å². The van der Waals surface area contributed by atoms with Crippen LogP contribution in [0.25, 0.3) is 0 Å². The largest absolute Gasteiger partial charge is 0.377 e. The summed E-state index contributed by atoms with van der Waals surface area (Å²) in [5.41, 5.74) is 1.03. The van der Waals surface area contributed by atoms with Crippen LogP contribution in [0.2, 0.25) is 10.0 Å². The number of ether oxygens (including phenoxy) is 1. The number of hydrogen-bond acceptors (Lipinski definition) is 1. The summed E-state index contributed by atoms with van der Waals surface area (Å²) < 4.78 is 5.45. The molecule has 0 heterocycles. The van der Waals surface area contributed by atoms with Crippen molar-refractivity contribution in [3.63, 3.8) is 0 Å². The minimum absolute atomic E-state index is 0.584. The lowest BCUT2D eigenvalue weighted by atomic mass is 10.2. The van der Waals surface area contributed by atoms with Crippen molar-refractivity contribution in [3.8, 4) is 0 Å². The summed E-state index contributed by atoms with van der Waals surface area (Å²) >= 11 is 11.7. The predicted molar refractivity (Wildman–Crippen MR) is 61.0 cm³/mol. The molecule has 3 heteroatoms. The fourth-order valence-corrected chi connectivity index (χ4v) is 1.70. The highest BCUT2D eigenvalue weighted by Gasteiger charge is 1.98. The maximum Gasteiger partial charge on any atom is 0.0717 e. The third kappa shape index (κ3) is 4.32. The van der Waals surface area contributed by atoms with E-state index in [1.54, 1.807) is 6.07 Å². The van der Waals surface area contributed by atoms with Crippen molar-refractivity contribution < 1.29 is 4.74 Å². The molecule has 0 aromatic heterocycles. The lowest BCUT2D eigenvalue weighted by Gasteiger charge is -2.04. The van der Waals surface area contributed by atoms with E-state index in [-0.39, 0.29) is 0 Å². The Hall–Kier alpha value is -0.240. The summed E-state index contributed by atoms with van der Waals surface area (Å²) in [6, 6.07) is 5.47. The molecule has 0 radical (unpaired) electrons. The molecule has 0 saturated carbocycles. The van der Waals surface area contributed by atoms with Gasteiger partial charge in [-0.2, -0.15) is 0 Å². The molecule has 14 heavy (non-hydrogen) atoms. The summed E-state index contributed by atoms with van der Waals surface area (Å²) in [4.78, 5) is 0. The van der Waals surface area contributed by atoms with E-state index in [9.17, 15) is 0 Å². The molecule has 1 nitrogen and oxygen atoms in total. The Morgan fingerprint density at radius 3 is 2.36 bits per heavy atom. The fraction of sp³-hybridized carbons (Fsp3) is 0.455. The Labute approximate surface area is 95.0 Å². The topological polar surface area (TPSA) is 9.23 Å². The van der Waals surface area contributed by atoms with Crippen LogP contribution in [0.4, 0.5) is 0 Å². The Morgan fingerprint density at radius 1 is 1.14 bits per heavy atom.